The first kappa shape index (κ1) is 34.1. The van der Waals surface area contributed by atoms with E-state index in [-0.39, 0.29) is 36.2 Å². The van der Waals surface area contributed by atoms with E-state index in [1.807, 2.05) is 44.2 Å². The second-order valence-corrected chi connectivity index (χ2v) is 14.4. The lowest BCUT2D eigenvalue weighted by molar-refractivity contribution is -0.137. The van der Waals surface area contributed by atoms with Gasteiger partial charge in [-0.1, -0.05) is 36.4 Å². The summed E-state index contributed by atoms with van der Waals surface area (Å²) in [7, 11) is -0.998. The molecule has 14 heteroatoms. The van der Waals surface area contributed by atoms with Crippen molar-refractivity contribution in [3.63, 3.8) is 0 Å². The summed E-state index contributed by atoms with van der Waals surface area (Å²) < 4.78 is 77.4. The van der Waals surface area contributed by atoms with Gasteiger partial charge in [0.15, 0.2) is 0 Å². The van der Waals surface area contributed by atoms with Crippen molar-refractivity contribution >= 4 is 32.7 Å². The lowest BCUT2D eigenvalue weighted by Gasteiger charge is -2.25. The maximum absolute atomic E-state index is 14.0. The first-order valence-corrected chi connectivity index (χ1v) is 17.1. The van der Waals surface area contributed by atoms with Crippen molar-refractivity contribution in [2.24, 2.45) is 13.0 Å². The number of alkyl halides is 3. The highest BCUT2D eigenvalue weighted by Crippen LogP contribution is 2.38. The van der Waals surface area contributed by atoms with Crippen LogP contribution in [0.2, 0.25) is 0 Å². The van der Waals surface area contributed by atoms with Crippen LogP contribution in [0.25, 0.3) is 11.0 Å². The molecule has 0 bridgehead atoms. The number of carbonyl (C=O) groups excluding carboxylic acids is 1. The average Bonchev–Trinajstić information content (AvgIpc) is 3.40. The molecule has 0 radical (unpaired) electrons. The normalized spacial score (nSPS) is 16.9. The molecule has 1 aliphatic rings. The van der Waals surface area contributed by atoms with E-state index < -0.39 is 27.7 Å². The zero-order valence-electron chi connectivity index (χ0n) is 27.3. The Kier molecular flexibility index (Phi) is 9.20. The van der Waals surface area contributed by atoms with Crippen molar-refractivity contribution in [3.8, 4) is 5.75 Å². The second kappa shape index (κ2) is 13.2. The Morgan fingerprint density at radius 1 is 1.10 bits per heavy atom. The van der Waals surface area contributed by atoms with Crippen molar-refractivity contribution in [3.05, 3.63) is 106 Å². The Labute approximate surface area is 282 Å². The van der Waals surface area contributed by atoms with E-state index in [4.69, 9.17) is 4.74 Å². The molecule has 0 fully saturated rings. The van der Waals surface area contributed by atoms with E-state index in [1.165, 1.54) is 17.5 Å². The first-order chi connectivity index (χ1) is 23.2. The molecule has 49 heavy (non-hydrogen) atoms. The summed E-state index contributed by atoms with van der Waals surface area (Å²) in [5, 5.41) is 11.3. The number of carbonyl (C=O) groups is 1. The predicted octanol–water partition coefficient (Wildman–Crippen LogP) is 6.24. The Morgan fingerprint density at radius 2 is 1.90 bits per heavy atom. The number of sulfonamides is 1. The maximum Gasteiger partial charge on any atom is 0.416 e. The molecule has 5 aromatic rings. The zero-order chi connectivity index (χ0) is 35.1. The molecule has 3 aromatic carbocycles. The first-order valence-electron chi connectivity index (χ1n) is 15.6. The predicted molar refractivity (Wildman–Crippen MR) is 177 cm³/mol. The quantitative estimate of drug-likeness (QED) is 0.205. The number of rotatable bonds is 8. The lowest BCUT2D eigenvalue weighted by Crippen LogP contribution is -2.33. The third-order valence-corrected chi connectivity index (χ3v) is 10.8. The third-order valence-electron chi connectivity index (χ3n) is 8.86. The minimum atomic E-state index is -4.69. The van der Waals surface area contributed by atoms with Gasteiger partial charge in [-0.25, -0.2) is 13.1 Å². The molecule has 6 rings (SSSR count). The van der Waals surface area contributed by atoms with E-state index in [0.717, 1.165) is 28.8 Å². The maximum atomic E-state index is 14.0. The average molecular weight is 693 g/mol. The van der Waals surface area contributed by atoms with Crippen LogP contribution in [0.4, 0.5) is 18.9 Å². The van der Waals surface area contributed by atoms with E-state index in [1.54, 1.807) is 36.3 Å². The molecule has 0 saturated heterocycles. The van der Waals surface area contributed by atoms with Gasteiger partial charge in [0, 0.05) is 38.7 Å². The highest BCUT2D eigenvalue weighted by Gasteiger charge is 2.37. The molecular formula is C35H35F3N6O4S. The zero-order valence-corrected chi connectivity index (χ0v) is 28.1. The Morgan fingerprint density at radius 3 is 2.61 bits per heavy atom. The number of nitrogens with zero attached hydrogens (tertiary/aromatic N) is 5. The van der Waals surface area contributed by atoms with Gasteiger partial charge in [-0.3, -0.25) is 9.78 Å². The molecule has 2 aromatic heterocycles. The summed E-state index contributed by atoms with van der Waals surface area (Å²) >= 11 is 0. The largest absolute Gasteiger partial charge is 0.494 e. The number of pyridine rings is 1. The number of aromatic nitrogens is 4. The number of fused-ring (bicyclic) bond motifs is 2. The van der Waals surface area contributed by atoms with E-state index in [2.05, 4.69) is 20.6 Å². The van der Waals surface area contributed by atoms with Crippen LogP contribution in [0.5, 0.6) is 5.75 Å². The van der Waals surface area contributed by atoms with E-state index in [0.29, 0.717) is 40.0 Å². The van der Waals surface area contributed by atoms with Gasteiger partial charge in [0.1, 0.15) is 16.8 Å². The third kappa shape index (κ3) is 7.01. The summed E-state index contributed by atoms with van der Waals surface area (Å²) in [6, 6.07) is 15.7. The molecule has 10 nitrogen and oxygen atoms in total. The van der Waals surface area contributed by atoms with Gasteiger partial charge < -0.3 is 10.1 Å². The lowest BCUT2D eigenvalue weighted by atomic mass is 9.86. The van der Waals surface area contributed by atoms with Crippen molar-refractivity contribution in [1.82, 2.24) is 24.3 Å². The number of nitrogens with one attached hydrogen (secondary N) is 1. The summed E-state index contributed by atoms with van der Waals surface area (Å²) in [4.78, 5) is 17.2. The number of halogens is 3. The standard InChI is InChI=1S/C35H35F3N6O4S/c1-21-12-24-9-10-27(35(36,37)38)16-32(24)49(46,47)44(19-21)20-26-13-23(8-7-22(26)2)29(17-33(45)40-28-6-5-11-39-18-28)25-14-30-34(31(15-25)48-4)43(3)42-41-30/h5-11,13-16,18,21,29H,12,17,19-20H2,1-4H3,(H,40,45)/t21-,29?/m0/s1. The van der Waals surface area contributed by atoms with Gasteiger partial charge in [0.2, 0.25) is 15.9 Å². The smallest absolute Gasteiger partial charge is 0.416 e. The van der Waals surface area contributed by atoms with Crippen LogP contribution < -0.4 is 10.1 Å². The number of hydrogen-bond acceptors (Lipinski definition) is 7. The van der Waals surface area contributed by atoms with Crippen molar-refractivity contribution in [2.75, 3.05) is 19.0 Å². The molecular weight excluding hydrogens is 657 g/mol. The number of benzene rings is 3. The Hall–Kier alpha value is -4.82. The molecule has 0 spiro atoms. The van der Waals surface area contributed by atoms with Crippen LogP contribution in [-0.2, 0) is 41.0 Å². The summed E-state index contributed by atoms with van der Waals surface area (Å²) in [6.07, 6.45) is -1.20. The van der Waals surface area contributed by atoms with Gasteiger partial charge in [0.05, 0.1) is 29.5 Å². The van der Waals surface area contributed by atoms with Crippen LogP contribution in [0.15, 0.2) is 78.0 Å². The minimum absolute atomic E-state index is 0.0129. The van der Waals surface area contributed by atoms with Gasteiger partial charge >= 0.3 is 6.18 Å². The summed E-state index contributed by atoms with van der Waals surface area (Å²) in [6.45, 7) is 3.79. The van der Waals surface area contributed by atoms with Gasteiger partial charge in [-0.2, -0.15) is 17.5 Å². The monoisotopic (exact) mass is 692 g/mol. The fourth-order valence-corrected chi connectivity index (χ4v) is 8.17. The second-order valence-electron chi connectivity index (χ2n) is 12.5. The topological polar surface area (TPSA) is 119 Å². The van der Waals surface area contributed by atoms with Gasteiger partial charge in [0.25, 0.3) is 0 Å². The van der Waals surface area contributed by atoms with Gasteiger partial charge in [-0.15, -0.1) is 5.10 Å². The fourth-order valence-electron chi connectivity index (χ4n) is 6.38. The van der Waals surface area contributed by atoms with Crippen LogP contribution in [0.3, 0.4) is 0 Å². The van der Waals surface area contributed by atoms with Crippen LogP contribution in [0, 0.1) is 12.8 Å². The van der Waals surface area contributed by atoms with Crippen molar-refractivity contribution in [1.29, 1.82) is 0 Å². The number of methoxy groups -OCH3 is 1. The fraction of sp³-hybridized carbons (Fsp3) is 0.314. The SMILES string of the molecule is COc1cc(C(CC(=O)Nc2cccnc2)c2ccc(C)c(CN3C[C@@H](C)Cc4ccc(C(F)(F)F)cc4S3(=O)=O)c2)cc2nnn(C)c12. The summed E-state index contributed by atoms with van der Waals surface area (Å²) in [5.41, 5.74) is 4.05. The highest BCUT2D eigenvalue weighted by atomic mass is 32.2. The molecule has 0 aliphatic carbocycles. The van der Waals surface area contributed by atoms with Gasteiger partial charge in [-0.05, 0) is 83.5 Å². The Bertz CT molecular complexity index is 2140. The minimum Gasteiger partial charge on any atom is -0.494 e. The van der Waals surface area contributed by atoms with Crippen molar-refractivity contribution in [2.45, 2.75) is 50.2 Å². The highest BCUT2D eigenvalue weighted by molar-refractivity contribution is 7.89. The molecule has 1 aliphatic heterocycles. The Balaban J connectivity index is 1.40. The molecule has 256 valence electrons. The molecule has 0 saturated carbocycles. The van der Waals surface area contributed by atoms with Crippen molar-refractivity contribution < 1.29 is 31.1 Å². The molecule has 3 heterocycles. The van der Waals surface area contributed by atoms with Crippen LogP contribution in [0.1, 0.15) is 52.6 Å². The molecule has 2 atom stereocenters. The van der Waals surface area contributed by atoms with E-state index >= 15 is 0 Å². The molecule has 1 unspecified atom stereocenters. The number of amides is 1. The number of anilines is 1. The molecule has 1 N–H and O–H groups in total. The summed E-state index contributed by atoms with van der Waals surface area (Å²) in [5.74, 6) is -0.428. The van der Waals surface area contributed by atoms with Crippen LogP contribution >= 0.6 is 0 Å². The van der Waals surface area contributed by atoms with Crippen LogP contribution in [-0.4, -0.2) is 52.3 Å². The van der Waals surface area contributed by atoms with E-state index in [9.17, 15) is 26.4 Å². The number of aryl methyl sites for hydroxylation is 2. The molecule has 1 amide bonds. The number of hydrogen-bond donors (Lipinski definition) is 1. The number of ether oxygens (including phenoxy) is 1.